The molecule has 0 unspecified atom stereocenters. The van der Waals surface area contributed by atoms with Crippen molar-refractivity contribution in [1.82, 2.24) is 0 Å². The van der Waals surface area contributed by atoms with E-state index in [1.165, 1.54) is 25.0 Å². The van der Waals surface area contributed by atoms with E-state index in [9.17, 15) is 0 Å². The molecule has 0 saturated heterocycles. The van der Waals surface area contributed by atoms with Crippen molar-refractivity contribution in [2.75, 3.05) is 6.61 Å². The SMILES string of the molecule is C1=Nc2ccccc2/C=C\O/C=C\O/C=C\OC/C=C\1. The molecule has 0 aromatic heterocycles. The molecule has 0 N–H and O–H groups in total. The Morgan fingerprint density at radius 1 is 0.900 bits per heavy atom. The van der Waals surface area contributed by atoms with Gasteiger partial charge in [-0.3, -0.25) is 4.99 Å². The first kappa shape index (κ1) is 13.7. The largest absolute Gasteiger partial charge is 0.494 e. The summed E-state index contributed by atoms with van der Waals surface area (Å²) >= 11 is 0. The van der Waals surface area contributed by atoms with Gasteiger partial charge in [0.2, 0.25) is 0 Å². The van der Waals surface area contributed by atoms with Crippen molar-refractivity contribution in [1.29, 1.82) is 0 Å². The van der Waals surface area contributed by atoms with Crippen LogP contribution in [0.4, 0.5) is 5.69 Å². The number of nitrogens with zero attached hydrogens (tertiary/aromatic N) is 1. The van der Waals surface area contributed by atoms with Gasteiger partial charge in [0.25, 0.3) is 0 Å². The van der Waals surface area contributed by atoms with E-state index >= 15 is 0 Å². The zero-order valence-electron chi connectivity index (χ0n) is 10.9. The van der Waals surface area contributed by atoms with Crippen LogP contribution in [0.5, 0.6) is 0 Å². The normalized spacial score (nSPS) is 21.4. The number of aliphatic imine (C=N–C) groups is 1. The highest BCUT2D eigenvalue weighted by Crippen LogP contribution is 2.19. The summed E-state index contributed by atoms with van der Waals surface area (Å²) in [6.45, 7) is 0.452. The van der Waals surface area contributed by atoms with Crippen LogP contribution in [0, 0.1) is 0 Å². The van der Waals surface area contributed by atoms with Crippen LogP contribution in [0.25, 0.3) is 6.08 Å². The van der Waals surface area contributed by atoms with Crippen molar-refractivity contribution >= 4 is 18.0 Å². The predicted molar refractivity (Wildman–Crippen MR) is 79.2 cm³/mol. The highest BCUT2D eigenvalue weighted by molar-refractivity contribution is 5.77. The van der Waals surface area contributed by atoms with Crippen molar-refractivity contribution in [2.24, 2.45) is 4.99 Å². The maximum Gasteiger partial charge on any atom is 0.125 e. The third kappa shape index (κ3) is 4.86. The number of rotatable bonds is 0. The minimum absolute atomic E-state index is 0.452. The Morgan fingerprint density at radius 3 is 2.65 bits per heavy atom. The van der Waals surface area contributed by atoms with Crippen molar-refractivity contribution in [3.63, 3.8) is 0 Å². The molecule has 1 aliphatic heterocycles. The summed E-state index contributed by atoms with van der Waals surface area (Å²) in [4.78, 5) is 4.38. The Kier molecular flexibility index (Phi) is 5.72. The lowest BCUT2D eigenvalue weighted by atomic mass is 10.2. The molecule has 20 heavy (non-hydrogen) atoms. The maximum absolute atomic E-state index is 5.16. The van der Waals surface area contributed by atoms with E-state index in [4.69, 9.17) is 14.2 Å². The number of hydrogen-bond donors (Lipinski definition) is 0. The fourth-order valence-electron chi connectivity index (χ4n) is 1.44. The molecule has 4 nitrogen and oxygen atoms in total. The predicted octanol–water partition coefficient (Wildman–Crippen LogP) is 3.92. The van der Waals surface area contributed by atoms with Crippen LogP contribution < -0.4 is 0 Å². The van der Waals surface area contributed by atoms with Crippen LogP contribution in [-0.4, -0.2) is 12.8 Å². The number of para-hydroxylation sites is 1. The van der Waals surface area contributed by atoms with Crippen LogP contribution in [0.2, 0.25) is 0 Å². The molecule has 1 aromatic rings. The lowest BCUT2D eigenvalue weighted by Gasteiger charge is -1.99. The molecule has 102 valence electrons. The van der Waals surface area contributed by atoms with Crippen LogP contribution in [-0.2, 0) is 14.2 Å². The molecular formula is C16H15NO3. The summed E-state index contributed by atoms with van der Waals surface area (Å²) in [6, 6.07) is 7.79. The molecule has 0 amide bonds. The zero-order valence-corrected chi connectivity index (χ0v) is 10.9. The third-order valence-corrected chi connectivity index (χ3v) is 2.33. The molecule has 0 radical (unpaired) electrons. The lowest BCUT2D eigenvalue weighted by Crippen LogP contribution is -1.82. The number of hydrogen-bond acceptors (Lipinski definition) is 4. The summed E-state index contributed by atoms with van der Waals surface area (Å²) in [5.74, 6) is 0. The standard InChI is InChI=1S/C16H15NO3/c1-2-6-16-15(5-1)7-10-19-12-14-20-13-11-18-9-4-3-8-17-16/h1-8,10-14H,9H2/b4-3-,10-7-,13-11-,14-12-,17-8?. The maximum atomic E-state index is 5.16. The summed E-state index contributed by atoms with van der Waals surface area (Å²) in [5.41, 5.74) is 1.83. The van der Waals surface area contributed by atoms with E-state index in [2.05, 4.69) is 4.99 Å². The first-order chi connectivity index (χ1) is 9.97. The topological polar surface area (TPSA) is 40.0 Å². The van der Waals surface area contributed by atoms with E-state index in [0.717, 1.165) is 11.3 Å². The Labute approximate surface area is 118 Å². The second kappa shape index (κ2) is 8.37. The molecule has 0 spiro atoms. The summed E-state index contributed by atoms with van der Waals surface area (Å²) in [7, 11) is 0. The molecule has 4 heteroatoms. The van der Waals surface area contributed by atoms with Gasteiger partial charge in [0.05, 0.1) is 11.9 Å². The van der Waals surface area contributed by atoms with Gasteiger partial charge in [-0.2, -0.15) is 0 Å². The van der Waals surface area contributed by atoms with E-state index in [0.29, 0.717) is 6.61 Å². The van der Waals surface area contributed by atoms with Crippen molar-refractivity contribution < 1.29 is 14.2 Å². The quantitative estimate of drug-likeness (QED) is 0.716. The molecule has 0 atom stereocenters. The zero-order chi connectivity index (χ0) is 13.9. The van der Waals surface area contributed by atoms with E-state index in [-0.39, 0.29) is 0 Å². The fraction of sp³-hybridized carbons (Fsp3) is 0.0625. The van der Waals surface area contributed by atoms with Crippen molar-refractivity contribution in [3.05, 3.63) is 73.3 Å². The second-order valence-electron chi connectivity index (χ2n) is 3.72. The summed E-state index contributed by atoms with van der Waals surface area (Å²) in [6.07, 6.45) is 14.5. The molecule has 0 fully saturated rings. The lowest BCUT2D eigenvalue weighted by molar-refractivity contribution is 0.266. The average Bonchev–Trinajstić information content (AvgIpc) is 2.47. The minimum Gasteiger partial charge on any atom is -0.494 e. The molecule has 0 aliphatic carbocycles. The van der Waals surface area contributed by atoms with Gasteiger partial charge in [0.1, 0.15) is 31.7 Å². The van der Waals surface area contributed by atoms with Crippen LogP contribution in [0.1, 0.15) is 5.56 Å². The van der Waals surface area contributed by atoms with Crippen molar-refractivity contribution in [3.8, 4) is 0 Å². The monoisotopic (exact) mass is 269 g/mol. The first-order valence-corrected chi connectivity index (χ1v) is 6.14. The average molecular weight is 269 g/mol. The summed E-state index contributed by atoms with van der Waals surface area (Å²) < 4.78 is 15.3. The summed E-state index contributed by atoms with van der Waals surface area (Å²) in [5, 5.41) is 0. The minimum atomic E-state index is 0.452. The molecule has 2 rings (SSSR count). The van der Waals surface area contributed by atoms with E-state index < -0.39 is 0 Å². The Bertz CT molecular complexity index is 557. The van der Waals surface area contributed by atoms with Gasteiger partial charge in [0.15, 0.2) is 0 Å². The molecule has 1 aliphatic rings. The number of allylic oxidation sites excluding steroid dienone is 1. The van der Waals surface area contributed by atoms with Gasteiger partial charge in [-0.05, 0) is 24.3 Å². The highest BCUT2D eigenvalue weighted by Gasteiger charge is 1.94. The number of benzene rings is 1. The number of ether oxygens (including phenoxy) is 3. The molecule has 1 aromatic carbocycles. The molecule has 0 saturated carbocycles. The van der Waals surface area contributed by atoms with E-state index in [1.807, 2.05) is 42.5 Å². The smallest absolute Gasteiger partial charge is 0.125 e. The molecular weight excluding hydrogens is 254 g/mol. The van der Waals surface area contributed by atoms with E-state index in [1.54, 1.807) is 12.5 Å². The second-order valence-corrected chi connectivity index (χ2v) is 3.72. The van der Waals surface area contributed by atoms with Crippen LogP contribution in [0.15, 0.2) is 72.7 Å². The van der Waals surface area contributed by atoms with Crippen LogP contribution >= 0.6 is 0 Å². The van der Waals surface area contributed by atoms with Gasteiger partial charge in [-0.15, -0.1) is 0 Å². The van der Waals surface area contributed by atoms with Crippen molar-refractivity contribution in [2.45, 2.75) is 0 Å². The first-order valence-electron chi connectivity index (χ1n) is 6.14. The number of fused-ring (bicyclic) bond motifs is 1. The highest BCUT2D eigenvalue weighted by atomic mass is 16.5. The Morgan fingerprint density at radius 2 is 1.70 bits per heavy atom. The van der Waals surface area contributed by atoms with Gasteiger partial charge in [-0.25, -0.2) is 0 Å². The van der Waals surface area contributed by atoms with Gasteiger partial charge >= 0.3 is 0 Å². The van der Waals surface area contributed by atoms with Gasteiger partial charge < -0.3 is 14.2 Å². The van der Waals surface area contributed by atoms with Crippen LogP contribution in [0.3, 0.4) is 0 Å². The fourth-order valence-corrected chi connectivity index (χ4v) is 1.44. The third-order valence-electron chi connectivity index (χ3n) is 2.33. The molecule has 1 heterocycles. The Hall–Kier alpha value is -2.75. The van der Waals surface area contributed by atoms with Gasteiger partial charge in [0, 0.05) is 11.8 Å². The molecule has 0 bridgehead atoms. The Balaban J connectivity index is 2.16. The van der Waals surface area contributed by atoms with Gasteiger partial charge in [-0.1, -0.05) is 18.2 Å².